The molecule has 2 heterocycles. The second-order valence-corrected chi connectivity index (χ2v) is 7.11. The van der Waals surface area contributed by atoms with E-state index in [1.807, 2.05) is 53.4 Å². The Hall–Kier alpha value is -2.92. The zero-order valence-corrected chi connectivity index (χ0v) is 16.3. The van der Waals surface area contributed by atoms with Gasteiger partial charge in [0.15, 0.2) is 0 Å². The number of ether oxygens (including phenoxy) is 1. The Kier molecular flexibility index (Phi) is 5.26. The van der Waals surface area contributed by atoms with E-state index < -0.39 is 0 Å². The van der Waals surface area contributed by atoms with Crippen molar-refractivity contribution in [3.63, 3.8) is 0 Å². The first-order valence-corrected chi connectivity index (χ1v) is 9.57. The Balaban J connectivity index is 1.55. The first kappa shape index (κ1) is 18.4. The molecule has 0 saturated carbocycles. The zero-order chi connectivity index (χ0) is 19.5. The third-order valence-corrected chi connectivity index (χ3v) is 5.39. The van der Waals surface area contributed by atoms with Crippen LogP contribution < -0.4 is 4.74 Å². The standard InChI is InChI=1S/C22H20ClN3O2/c1-28-21-14-24-19(13-25-21)15-8-10-16(11-9-15)22(27)26-12-4-7-20(26)17-5-2-3-6-18(17)23/h2-3,5-6,8-11,13-14,20H,4,7,12H2,1H3/t20-/m1/s1. The van der Waals surface area contributed by atoms with Gasteiger partial charge in [0.1, 0.15) is 0 Å². The summed E-state index contributed by atoms with van der Waals surface area (Å²) in [7, 11) is 1.55. The number of hydrogen-bond acceptors (Lipinski definition) is 4. The van der Waals surface area contributed by atoms with E-state index in [2.05, 4.69) is 9.97 Å². The van der Waals surface area contributed by atoms with Gasteiger partial charge in [-0.15, -0.1) is 0 Å². The van der Waals surface area contributed by atoms with E-state index in [4.69, 9.17) is 16.3 Å². The van der Waals surface area contributed by atoms with Gasteiger partial charge in [0.05, 0.1) is 31.2 Å². The van der Waals surface area contributed by atoms with Crippen molar-refractivity contribution in [2.45, 2.75) is 18.9 Å². The summed E-state index contributed by atoms with van der Waals surface area (Å²) in [6, 6.07) is 15.2. The molecule has 0 aliphatic carbocycles. The highest BCUT2D eigenvalue weighted by atomic mass is 35.5. The minimum Gasteiger partial charge on any atom is -0.480 e. The second kappa shape index (κ2) is 7.98. The Morgan fingerprint density at radius 1 is 1.11 bits per heavy atom. The van der Waals surface area contributed by atoms with E-state index in [1.54, 1.807) is 19.5 Å². The summed E-state index contributed by atoms with van der Waals surface area (Å²) in [6.45, 7) is 0.737. The van der Waals surface area contributed by atoms with Gasteiger partial charge in [0, 0.05) is 22.7 Å². The summed E-state index contributed by atoms with van der Waals surface area (Å²) in [5, 5.41) is 0.709. The Bertz CT molecular complexity index is 974. The van der Waals surface area contributed by atoms with Crippen LogP contribution in [0.2, 0.25) is 5.02 Å². The van der Waals surface area contributed by atoms with Crippen molar-refractivity contribution < 1.29 is 9.53 Å². The molecular formula is C22H20ClN3O2. The van der Waals surface area contributed by atoms with Crippen LogP contribution in [0.4, 0.5) is 0 Å². The van der Waals surface area contributed by atoms with Crippen LogP contribution in [-0.2, 0) is 0 Å². The summed E-state index contributed by atoms with van der Waals surface area (Å²) < 4.78 is 5.03. The first-order valence-electron chi connectivity index (χ1n) is 9.19. The molecule has 0 unspecified atom stereocenters. The van der Waals surface area contributed by atoms with Gasteiger partial charge in [-0.25, -0.2) is 9.97 Å². The van der Waals surface area contributed by atoms with Gasteiger partial charge in [-0.05, 0) is 36.6 Å². The lowest BCUT2D eigenvalue weighted by atomic mass is 10.0. The lowest BCUT2D eigenvalue weighted by Crippen LogP contribution is -2.30. The molecule has 1 saturated heterocycles. The summed E-state index contributed by atoms with van der Waals surface area (Å²) in [4.78, 5) is 23.5. The number of halogens is 1. The molecule has 0 bridgehead atoms. The van der Waals surface area contributed by atoms with Crippen molar-refractivity contribution in [3.8, 4) is 17.1 Å². The largest absolute Gasteiger partial charge is 0.480 e. The van der Waals surface area contributed by atoms with Crippen LogP contribution in [0.15, 0.2) is 60.9 Å². The maximum atomic E-state index is 13.1. The lowest BCUT2D eigenvalue weighted by Gasteiger charge is -2.26. The number of rotatable bonds is 4. The number of carbonyl (C=O) groups excluding carboxylic acids is 1. The average molecular weight is 394 g/mol. The van der Waals surface area contributed by atoms with Crippen LogP contribution in [0.3, 0.4) is 0 Å². The fourth-order valence-corrected chi connectivity index (χ4v) is 3.86. The van der Waals surface area contributed by atoms with E-state index in [0.717, 1.165) is 36.2 Å². The summed E-state index contributed by atoms with van der Waals surface area (Å²) >= 11 is 6.37. The van der Waals surface area contributed by atoms with Crippen LogP contribution in [-0.4, -0.2) is 34.4 Å². The number of methoxy groups -OCH3 is 1. The molecule has 1 amide bonds. The fraction of sp³-hybridized carbons (Fsp3) is 0.227. The third kappa shape index (κ3) is 3.58. The number of aromatic nitrogens is 2. The number of likely N-dealkylation sites (tertiary alicyclic amines) is 1. The van der Waals surface area contributed by atoms with Crippen LogP contribution in [0.1, 0.15) is 34.8 Å². The van der Waals surface area contributed by atoms with Gasteiger partial charge >= 0.3 is 0 Å². The molecule has 1 aliphatic heterocycles. The van der Waals surface area contributed by atoms with Crippen molar-refractivity contribution in [1.29, 1.82) is 0 Å². The number of amides is 1. The molecule has 0 radical (unpaired) electrons. The monoisotopic (exact) mass is 393 g/mol. The highest BCUT2D eigenvalue weighted by Crippen LogP contribution is 2.36. The molecule has 1 atom stereocenters. The average Bonchev–Trinajstić information content (AvgIpc) is 3.23. The predicted molar refractivity (Wildman–Crippen MR) is 108 cm³/mol. The van der Waals surface area contributed by atoms with E-state index >= 15 is 0 Å². The van der Waals surface area contributed by atoms with E-state index in [9.17, 15) is 4.79 Å². The lowest BCUT2D eigenvalue weighted by molar-refractivity contribution is 0.0736. The topological polar surface area (TPSA) is 55.3 Å². The second-order valence-electron chi connectivity index (χ2n) is 6.70. The van der Waals surface area contributed by atoms with E-state index in [-0.39, 0.29) is 11.9 Å². The quantitative estimate of drug-likeness (QED) is 0.639. The summed E-state index contributed by atoms with van der Waals surface area (Å²) in [5.41, 5.74) is 3.30. The molecule has 28 heavy (non-hydrogen) atoms. The molecule has 0 spiro atoms. The molecule has 1 aromatic heterocycles. The normalized spacial score (nSPS) is 16.2. The highest BCUT2D eigenvalue weighted by molar-refractivity contribution is 6.31. The minimum atomic E-state index is 0.0216. The third-order valence-electron chi connectivity index (χ3n) is 5.04. The zero-order valence-electron chi connectivity index (χ0n) is 15.5. The molecule has 0 N–H and O–H groups in total. The molecule has 5 nitrogen and oxygen atoms in total. The molecule has 4 rings (SSSR count). The van der Waals surface area contributed by atoms with Crippen molar-refractivity contribution in [2.75, 3.05) is 13.7 Å². The van der Waals surface area contributed by atoms with Crippen molar-refractivity contribution in [3.05, 3.63) is 77.1 Å². The number of carbonyl (C=O) groups is 1. The molecule has 3 aromatic rings. The maximum absolute atomic E-state index is 13.1. The number of nitrogens with zero attached hydrogens (tertiary/aromatic N) is 3. The van der Waals surface area contributed by atoms with Crippen LogP contribution in [0.25, 0.3) is 11.3 Å². The molecular weight excluding hydrogens is 374 g/mol. The number of hydrogen-bond donors (Lipinski definition) is 0. The molecule has 2 aromatic carbocycles. The van der Waals surface area contributed by atoms with Crippen LogP contribution in [0.5, 0.6) is 5.88 Å². The molecule has 1 aliphatic rings. The van der Waals surface area contributed by atoms with E-state index in [0.29, 0.717) is 16.5 Å². The van der Waals surface area contributed by atoms with Gasteiger partial charge in [-0.3, -0.25) is 4.79 Å². The smallest absolute Gasteiger partial charge is 0.254 e. The van der Waals surface area contributed by atoms with Gasteiger partial charge in [-0.2, -0.15) is 0 Å². The summed E-state index contributed by atoms with van der Waals surface area (Å²) in [5.74, 6) is 0.491. The van der Waals surface area contributed by atoms with Crippen molar-refractivity contribution in [2.24, 2.45) is 0 Å². The predicted octanol–water partition coefficient (Wildman–Crippen LogP) is 4.78. The minimum absolute atomic E-state index is 0.0216. The van der Waals surface area contributed by atoms with Gasteiger partial charge in [0.25, 0.3) is 5.91 Å². The Labute approximate surface area is 169 Å². The fourth-order valence-electron chi connectivity index (χ4n) is 3.60. The summed E-state index contributed by atoms with van der Waals surface area (Å²) in [6.07, 6.45) is 5.13. The first-order chi connectivity index (χ1) is 13.7. The Morgan fingerprint density at radius 2 is 1.89 bits per heavy atom. The Morgan fingerprint density at radius 3 is 2.57 bits per heavy atom. The molecule has 1 fully saturated rings. The highest BCUT2D eigenvalue weighted by Gasteiger charge is 2.31. The van der Waals surface area contributed by atoms with Crippen LogP contribution >= 0.6 is 11.6 Å². The SMILES string of the molecule is COc1cnc(-c2ccc(C(=O)N3CCC[C@@H]3c3ccccc3Cl)cc2)cn1. The van der Waals surface area contributed by atoms with Gasteiger partial charge < -0.3 is 9.64 Å². The number of benzene rings is 2. The van der Waals surface area contributed by atoms with E-state index in [1.165, 1.54) is 0 Å². The van der Waals surface area contributed by atoms with Gasteiger partial charge in [-0.1, -0.05) is 41.9 Å². The molecule has 142 valence electrons. The molecule has 6 heteroatoms. The maximum Gasteiger partial charge on any atom is 0.254 e. The van der Waals surface area contributed by atoms with Crippen molar-refractivity contribution >= 4 is 17.5 Å². The van der Waals surface area contributed by atoms with Crippen LogP contribution in [0, 0.1) is 0 Å². The van der Waals surface area contributed by atoms with Gasteiger partial charge in [0.2, 0.25) is 5.88 Å². The van der Waals surface area contributed by atoms with Crippen molar-refractivity contribution in [1.82, 2.24) is 14.9 Å².